The van der Waals surface area contributed by atoms with E-state index in [1.807, 2.05) is 0 Å². The standard InChI is InChI=1S/C9H16N4O2/c1-3-12(4-2)5-6-13-8(7-10)9(14)15-11-13/h7H,3-6H2,1-2H3,(H-,10,11,14)/p+1. The van der Waals surface area contributed by atoms with Gasteiger partial charge in [-0.3, -0.25) is 9.42 Å². The van der Waals surface area contributed by atoms with Crippen molar-refractivity contribution in [3.8, 4) is 0 Å². The molecule has 0 radical (unpaired) electrons. The molecule has 6 nitrogen and oxygen atoms in total. The van der Waals surface area contributed by atoms with Crippen LogP contribution in [0.2, 0.25) is 0 Å². The highest BCUT2D eigenvalue weighted by molar-refractivity contribution is 5.70. The van der Waals surface area contributed by atoms with Crippen molar-refractivity contribution in [1.82, 2.24) is 10.2 Å². The summed E-state index contributed by atoms with van der Waals surface area (Å²) >= 11 is 0. The quantitative estimate of drug-likeness (QED) is 0.498. The third-order valence-corrected chi connectivity index (χ3v) is 2.42. The number of likely N-dealkylation sites (N-methyl/N-ethyl adjacent to an activating group) is 1. The Hall–Kier alpha value is -1.43. The molecule has 15 heavy (non-hydrogen) atoms. The molecule has 0 aliphatic carbocycles. The smallest absolute Gasteiger partial charge is 0.302 e. The summed E-state index contributed by atoms with van der Waals surface area (Å²) in [6.45, 7) is 7.57. The number of nitrogens with zero attached hydrogens (tertiary/aromatic N) is 2. The van der Waals surface area contributed by atoms with E-state index in [0.717, 1.165) is 25.8 Å². The maximum absolute atomic E-state index is 11.1. The van der Waals surface area contributed by atoms with Gasteiger partial charge in [0, 0.05) is 0 Å². The van der Waals surface area contributed by atoms with Crippen LogP contribution in [0.25, 0.3) is 0 Å². The Morgan fingerprint density at radius 1 is 1.53 bits per heavy atom. The number of H-pyrrole nitrogens is 1. The summed E-state index contributed by atoms with van der Waals surface area (Å²) in [6.07, 6.45) is 1.00. The Bertz CT molecular complexity index is 364. The van der Waals surface area contributed by atoms with Crippen molar-refractivity contribution >= 4 is 6.21 Å². The van der Waals surface area contributed by atoms with Crippen molar-refractivity contribution in [2.75, 3.05) is 19.6 Å². The van der Waals surface area contributed by atoms with Gasteiger partial charge in [0.1, 0.15) is 0 Å². The molecule has 0 bridgehead atoms. The van der Waals surface area contributed by atoms with E-state index in [1.165, 1.54) is 0 Å². The summed E-state index contributed by atoms with van der Waals surface area (Å²) in [5.74, 6) is 0. The molecular weight excluding hydrogens is 196 g/mol. The van der Waals surface area contributed by atoms with E-state index in [0.29, 0.717) is 6.54 Å². The molecule has 0 amide bonds. The number of aromatic nitrogens is 2. The fourth-order valence-electron chi connectivity index (χ4n) is 1.39. The molecule has 0 spiro atoms. The lowest BCUT2D eigenvalue weighted by atomic mass is 10.4. The first-order valence-corrected chi connectivity index (χ1v) is 5.07. The highest BCUT2D eigenvalue weighted by Gasteiger charge is 2.18. The SMILES string of the molecule is CCN(CC)CC[n+]1[nH]oc(=O)c1C=N. The number of nitrogens with one attached hydrogen (secondary N) is 2. The molecule has 0 fully saturated rings. The van der Waals surface area contributed by atoms with Gasteiger partial charge in [0.05, 0.1) is 12.8 Å². The van der Waals surface area contributed by atoms with E-state index in [2.05, 4.69) is 28.5 Å². The topological polar surface area (TPSA) is 77.0 Å². The number of aromatic amines is 1. The van der Waals surface area contributed by atoms with Crippen LogP contribution >= 0.6 is 0 Å². The minimum absolute atomic E-state index is 0.252. The van der Waals surface area contributed by atoms with E-state index >= 15 is 0 Å². The lowest BCUT2D eigenvalue weighted by Crippen LogP contribution is -2.45. The zero-order valence-corrected chi connectivity index (χ0v) is 9.12. The third-order valence-electron chi connectivity index (χ3n) is 2.42. The molecule has 1 rings (SSSR count). The Kier molecular flexibility index (Phi) is 4.23. The van der Waals surface area contributed by atoms with Gasteiger partial charge in [-0.15, -0.1) is 0 Å². The summed E-state index contributed by atoms with van der Waals surface area (Å²) < 4.78 is 6.15. The van der Waals surface area contributed by atoms with Gasteiger partial charge in [-0.05, 0) is 18.4 Å². The first-order valence-electron chi connectivity index (χ1n) is 5.07. The Morgan fingerprint density at radius 2 is 2.20 bits per heavy atom. The zero-order valence-electron chi connectivity index (χ0n) is 9.12. The second-order valence-corrected chi connectivity index (χ2v) is 3.19. The number of rotatable bonds is 6. The highest BCUT2D eigenvalue weighted by atomic mass is 16.5. The summed E-state index contributed by atoms with van der Waals surface area (Å²) in [6, 6.07) is 0. The Balaban J connectivity index is 2.64. The Labute approximate surface area is 88.0 Å². The van der Waals surface area contributed by atoms with Crippen LogP contribution in [0.15, 0.2) is 9.32 Å². The van der Waals surface area contributed by atoms with E-state index in [-0.39, 0.29) is 5.69 Å². The second-order valence-electron chi connectivity index (χ2n) is 3.19. The second kappa shape index (κ2) is 5.45. The van der Waals surface area contributed by atoms with Gasteiger partial charge in [0.2, 0.25) is 0 Å². The lowest BCUT2D eigenvalue weighted by molar-refractivity contribution is -0.762. The van der Waals surface area contributed by atoms with Crippen LogP contribution in [-0.2, 0) is 6.54 Å². The summed E-state index contributed by atoms with van der Waals surface area (Å²) in [5.41, 5.74) is -0.244. The third kappa shape index (κ3) is 2.76. The van der Waals surface area contributed by atoms with Gasteiger partial charge < -0.3 is 5.41 Å². The van der Waals surface area contributed by atoms with Gasteiger partial charge in [-0.25, -0.2) is 4.79 Å². The van der Waals surface area contributed by atoms with E-state index in [4.69, 9.17) is 5.41 Å². The van der Waals surface area contributed by atoms with E-state index < -0.39 is 5.63 Å². The van der Waals surface area contributed by atoms with Crippen molar-refractivity contribution in [1.29, 1.82) is 5.41 Å². The molecular formula is C9H17N4O2+. The average molecular weight is 213 g/mol. The van der Waals surface area contributed by atoms with Crippen LogP contribution in [0.4, 0.5) is 0 Å². The molecule has 0 atom stereocenters. The van der Waals surface area contributed by atoms with Gasteiger partial charge >= 0.3 is 11.3 Å². The molecule has 0 unspecified atom stereocenters. The maximum atomic E-state index is 11.1. The highest BCUT2D eigenvalue weighted by Crippen LogP contribution is 1.85. The number of hydrogen-bond acceptors (Lipinski definition) is 4. The molecule has 0 saturated heterocycles. The molecule has 84 valence electrons. The average Bonchev–Trinajstić information content (AvgIpc) is 2.61. The summed E-state index contributed by atoms with van der Waals surface area (Å²) in [7, 11) is 0. The minimum atomic E-state index is -0.496. The van der Waals surface area contributed by atoms with Crippen LogP contribution in [0.5, 0.6) is 0 Å². The molecule has 2 N–H and O–H groups in total. The van der Waals surface area contributed by atoms with Gasteiger partial charge in [-0.1, -0.05) is 18.5 Å². The maximum Gasteiger partial charge on any atom is 0.436 e. The van der Waals surface area contributed by atoms with Gasteiger partial charge in [0.15, 0.2) is 6.54 Å². The minimum Gasteiger partial charge on any atom is -0.302 e. The molecule has 0 saturated carbocycles. The van der Waals surface area contributed by atoms with Crippen LogP contribution in [0.3, 0.4) is 0 Å². The molecule has 1 heterocycles. The lowest BCUT2D eigenvalue weighted by Gasteiger charge is -2.14. The van der Waals surface area contributed by atoms with Gasteiger partial charge in [0.25, 0.3) is 0 Å². The van der Waals surface area contributed by atoms with E-state index in [1.54, 1.807) is 4.68 Å². The van der Waals surface area contributed by atoms with Gasteiger partial charge in [-0.2, -0.15) is 0 Å². The largest absolute Gasteiger partial charge is 0.436 e. The van der Waals surface area contributed by atoms with Crippen molar-refractivity contribution in [2.24, 2.45) is 0 Å². The molecule has 0 aliphatic heterocycles. The van der Waals surface area contributed by atoms with Crippen LogP contribution in [0, 0.1) is 5.41 Å². The monoisotopic (exact) mass is 213 g/mol. The molecule has 1 aromatic heterocycles. The zero-order chi connectivity index (χ0) is 11.3. The molecule has 0 aliphatic rings. The molecule has 1 aromatic rings. The fraction of sp³-hybridized carbons (Fsp3) is 0.667. The predicted molar refractivity (Wildman–Crippen MR) is 55.2 cm³/mol. The Morgan fingerprint density at radius 3 is 2.73 bits per heavy atom. The first kappa shape index (κ1) is 11.6. The molecule has 0 aromatic carbocycles. The number of hydrogen-bond donors (Lipinski definition) is 2. The summed E-state index contributed by atoms with van der Waals surface area (Å²) in [4.78, 5) is 13.3. The fourth-order valence-corrected chi connectivity index (χ4v) is 1.39. The predicted octanol–water partition coefficient (Wildman–Crippen LogP) is -0.405. The van der Waals surface area contributed by atoms with Crippen molar-refractivity contribution < 1.29 is 9.20 Å². The van der Waals surface area contributed by atoms with Crippen molar-refractivity contribution in [2.45, 2.75) is 20.4 Å². The van der Waals surface area contributed by atoms with E-state index in [9.17, 15) is 4.79 Å². The van der Waals surface area contributed by atoms with Crippen LogP contribution in [0.1, 0.15) is 19.5 Å². The van der Waals surface area contributed by atoms with Crippen molar-refractivity contribution in [3.63, 3.8) is 0 Å². The normalized spacial score (nSPS) is 10.9. The van der Waals surface area contributed by atoms with Crippen LogP contribution in [-0.4, -0.2) is 36.0 Å². The first-order chi connectivity index (χ1) is 7.22. The van der Waals surface area contributed by atoms with Crippen molar-refractivity contribution in [3.05, 3.63) is 16.1 Å². The molecule has 6 heteroatoms. The van der Waals surface area contributed by atoms with Crippen LogP contribution < -0.4 is 10.3 Å². The summed E-state index contributed by atoms with van der Waals surface area (Å²) in [5, 5.41) is 9.56.